The monoisotopic (exact) mass is 176 g/mol. The van der Waals surface area contributed by atoms with Crippen LogP contribution in [-0.2, 0) is 13.0 Å². The fourth-order valence-electron chi connectivity index (χ4n) is 1.35. The van der Waals surface area contributed by atoms with Gasteiger partial charge in [-0.1, -0.05) is 37.6 Å². The van der Waals surface area contributed by atoms with Gasteiger partial charge < -0.3 is 5.32 Å². The average Bonchev–Trinajstić information content (AvgIpc) is 2.17. The van der Waals surface area contributed by atoms with Gasteiger partial charge in [-0.3, -0.25) is 0 Å². The van der Waals surface area contributed by atoms with E-state index in [0.29, 0.717) is 0 Å². The lowest BCUT2D eigenvalue weighted by atomic mass is 10.1. The molecule has 1 nitrogen and oxygen atoms in total. The Kier molecular flexibility index (Phi) is 4.55. The fraction of sp³-hybridized carbons (Fsp3) is 0.417. The Morgan fingerprint density at radius 1 is 1.15 bits per heavy atom. The number of rotatable bonds is 5. The van der Waals surface area contributed by atoms with Gasteiger partial charge in [0.05, 0.1) is 0 Å². The van der Waals surface area contributed by atoms with Gasteiger partial charge in [0, 0.05) is 5.56 Å². The van der Waals surface area contributed by atoms with Crippen molar-refractivity contribution >= 4 is 0 Å². The highest BCUT2D eigenvalue weighted by molar-refractivity contribution is 5.21. The number of hydrogen-bond donors (Lipinski definition) is 1. The molecule has 1 aromatic carbocycles. The molecular weight excluding hydrogens is 158 g/mol. The van der Waals surface area contributed by atoms with Crippen LogP contribution in [0.5, 0.6) is 0 Å². The smallest absolute Gasteiger partial charge is 0.118 e. The maximum absolute atomic E-state index is 3.60. The molecule has 71 valence electrons. The molecule has 0 aliphatic rings. The molecule has 1 heteroatoms. The summed E-state index contributed by atoms with van der Waals surface area (Å²) in [6, 6.07) is 8.76. The van der Waals surface area contributed by atoms with Crippen molar-refractivity contribution in [1.82, 2.24) is 0 Å². The first-order chi connectivity index (χ1) is 6.36. The third kappa shape index (κ3) is 3.60. The van der Waals surface area contributed by atoms with E-state index in [2.05, 4.69) is 43.6 Å². The Morgan fingerprint density at radius 2 is 1.77 bits per heavy atom. The van der Waals surface area contributed by atoms with E-state index in [9.17, 15) is 0 Å². The minimum absolute atomic E-state index is 0.855. The van der Waals surface area contributed by atoms with Crippen molar-refractivity contribution in [3.8, 4) is 0 Å². The van der Waals surface area contributed by atoms with Crippen LogP contribution in [0, 0.1) is 7.05 Å². The largest absolute Gasteiger partial charge is 0.331 e. The second-order valence-corrected chi connectivity index (χ2v) is 3.35. The van der Waals surface area contributed by atoms with Crippen LogP contribution in [0.4, 0.5) is 0 Å². The van der Waals surface area contributed by atoms with E-state index in [1.807, 2.05) is 0 Å². The van der Waals surface area contributed by atoms with Crippen LogP contribution >= 0.6 is 0 Å². The zero-order chi connectivity index (χ0) is 9.52. The SMILES string of the molecule is [CH2-][NH+]Cc1ccc(CCCC)cc1. The summed E-state index contributed by atoms with van der Waals surface area (Å²) in [5.41, 5.74) is 2.74. The molecule has 13 heavy (non-hydrogen) atoms. The van der Waals surface area contributed by atoms with Crippen molar-refractivity contribution in [1.29, 1.82) is 0 Å². The van der Waals surface area contributed by atoms with Gasteiger partial charge in [-0.05, 0) is 18.4 Å². The number of benzene rings is 1. The predicted octanol–water partition coefficient (Wildman–Crippen LogP) is 1.67. The summed E-state index contributed by atoms with van der Waals surface area (Å²) in [4.78, 5) is 0. The highest BCUT2D eigenvalue weighted by Gasteiger charge is 1.94. The van der Waals surface area contributed by atoms with E-state index in [4.69, 9.17) is 0 Å². The van der Waals surface area contributed by atoms with E-state index in [1.54, 1.807) is 0 Å². The van der Waals surface area contributed by atoms with Gasteiger partial charge in [-0.15, -0.1) is 7.05 Å². The van der Waals surface area contributed by atoms with Crippen LogP contribution in [0.15, 0.2) is 24.3 Å². The van der Waals surface area contributed by atoms with E-state index in [0.717, 1.165) is 6.54 Å². The zero-order valence-corrected chi connectivity index (χ0v) is 8.34. The molecule has 0 unspecified atom stereocenters. The standard InChI is InChI=1S/C12H18N/c1-3-4-5-11-6-8-12(9-7-11)10-13-2/h6-9,13H,2-5,10H2,1H3. The first-order valence-electron chi connectivity index (χ1n) is 4.94. The molecule has 0 saturated heterocycles. The summed E-state index contributed by atoms with van der Waals surface area (Å²) in [5, 5.41) is 2.90. The van der Waals surface area contributed by atoms with Gasteiger partial charge in [0.2, 0.25) is 0 Å². The molecule has 0 fully saturated rings. The second-order valence-electron chi connectivity index (χ2n) is 3.35. The molecule has 0 aliphatic heterocycles. The Balaban J connectivity index is 2.48. The average molecular weight is 176 g/mol. The van der Waals surface area contributed by atoms with E-state index in [-0.39, 0.29) is 0 Å². The van der Waals surface area contributed by atoms with Crippen molar-refractivity contribution in [3.05, 3.63) is 42.4 Å². The highest BCUT2D eigenvalue weighted by Crippen LogP contribution is 2.06. The van der Waals surface area contributed by atoms with Crippen molar-refractivity contribution in [2.45, 2.75) is 32.7 Å². The summed E-state index contributed by atoms with van der Waals surface area (Å²) in [6.07, 6.45) is 3.75. The first-order valence-corrected chi connectivity index (χ1v) is 4.94. The van der Waals surface area contributed by atoms with Crippen molar-refractivity contribution < 1.29 is 5.32 Å². The number of hydrogen-bond acceptors (Lipinski definition) is 1. The van der Waals surface area contributed by atoms with Crippen molar-refractivity contribution in [3.63, 3.8) is 0 Å². The topological polar surface area (TPSA) is 15.6 Å². The molecule has 1 radical (unpaired) electrons. The summed E-state index contributed by atoms with van der Waals surface area (Å²) in [7, 11) is 3.60. The minimum atomic E-state index is 0.855. The highest BCUT2D eigenvalue weighted by atomic mass is 14.8. The lowest BCUT2D eigenvalue weighted by molar-refractivity contribution is -0.612. The molecule has 0 aliphatic carbocycles. The third-order valence-electron chi connectivity index (χ3n) is 2.17. The quantitative estimate of drug-likeness (QED) is 0.657. The van der Waals surface area contributed by atoms with Crippen LogP contribution in [0.25, 0.3) is 0 Å². The number of unbranched alkanes of at least 4 members (excludes halogenated alkanes) is 1. The molecule has 0 spiro atoms. The first kappa shape index (κ1) is 10.3. The fourth-order valence-corrected chi connectivity index (χ4v) is 1.35. The molecule has 0 atom stereocenters. The van der Waals surface area contributed by atoms with Crippen molar-refractivity contribution in [2.75, 3.05) is 0 Å². The van der Waals surface area contributed by atoms with E-state index < -0.39 is 0 Å². The molecule has 1 N–H and O–H groups in total. The van der Waals surface area contributed by atoms with Gasteiger partial charge in [0.1, 0.15) is 6.54 Å². The Morgan fingerprint density at radius 3 is 2.31 bits per heavy atom. The van der Waals surface area contributed by atoms with Crippen molar-refractivity contribution in [2.24, 2.45) is 0 Å². The Labute approximate surface area is 81.2 Å². The van der Waals surface area contributed by atoms with E-state index >= 15 is 0 Å². The summed E-state index contributed by atoms with van der Waals surface area (Å²) in [5.74, 6) is 0. The zero-order valence-electron chi connectivity index (χ0n) is 8.34. The van der Waals surface area contributed by atoms with Gasteiger partial charge >= 0.3 is 0 Å². The van der Waals surface area contributed by atoms with E-state index in [1.165, 1.54) is 30.4 Å². The molecule has 1 rings (SSSR count). The normalized spacial score (nSPS) is 10.3. The third-order valence-corrected chi connectivity index (χ3v) is 2.17. The van der Waals surface area contributed by atoms with Gasteiger partial charge in [-0.2, -0.15) is 0 Å². The summed E-state index contributed by atoms with van der Waals surface area (Å²) >= 11 is 0. The number of aryl methyl sites for hydroxylation is 1. The second kappa shape index (κ2) is 5.76. The molecule has 0 amide bonds. The molecule has 1 aromatic rings. The maximum Gasteiger partial charge on any atom is 0.118 e. The lowest BCUT2D eigenvalue weighted by Crippen LogP contribution is -2.74. The lowest BCUT2D eigenvalue weighted by Gasteiger charge is -2.01. The predicted molar refractivity (Wildman–Crippen MR) is 55.1 cm³/mol. The molecule has 0 heterocycles. The molecule has 0 bridgehead atoms. The Hall–Kier alpha value is -0.820. The van der Waals surface area contributed by atoms with Crippen LogP contribution in [0.2, 0.25) is 0 Å². The van der Waals surface area contributed by atoms with Gasteiger partial charge in [0.25, 0.3) is 0 Å². The van der Waals surface area contributed by atoms with Crippen LogP contribution in [-0.4, -0.2) is 0 Å². The molecule has 0 aromatic heterocycles. The van der Waals surface area contributed by atoms with Crippen LogP contribution < -0.4 is 5.32 Å². The summed E-state index contributed by atoms with van der Waals surface area (Å²) in [6.45, 7) is 3.08. The molecular formula is C12H18N. The van der Waals surface area contributed by atoms with Crippen LogP contribution in [0.3, 0.4) is 0 Å². The van der Waals surface area contributed by atoms with Crippen LogP contribution in [0.1, 0.15) is 30.9 Å². The molecule has 0 saturated carbocycles. The summed E-state index contributed by atoms with van der Waals surface area (Å²) < 4.78 is 0. The number of nitrogens with one attached hydrogen (secondary N) is 1. The maximum atomic E-state index is 3.60. The Bertz CT molecular complexity index is 225. The van der Waals surface area contributed by atoms with Gasteiger partial charge in [-0.25, -0.2) is 0 Å². The van der Waals surface area contributed by atoms with Gasteiger partial charge in [0.15, 0.2) is 0 Å². The minimum Gasteiger partial charge on any atom is -0.331 e.